The summed E-state index contributed by atoms with van der Waals surface area (Å²) in [6.45, 7) is 6.12. The molecule has 0 saturated carbocycles. The lowest BCUT2D eigenvalue weighted by molar-refractivity contribution is -0.276. The minimum absolute atomic E-state index is 0.0465. The summed E-state index contributed by atoms with van der Waals surface area (Å²) in [7, 11) is -3.08. The van der Waals surface area contributed by atoms with Crippen molar-refractivity contribution in [3.8, 4) is 5.88 Å². The Morgan fingerprint density at radius 3 is 2.71 bits per heavy atom. The van der Waals surface area contributed by atoms with E-state index in [9.17, 15) is 24.2 Å². The Kier molecular flexibility index (Phi) is 8.37. The first-order valence-corrected chi connectivity index (χ1v) is 11.1. The van der Waals surface area contributed by atoms with E-state index in [2.05, 4.69) is 4.98 Å². The van der Waals surface area contributed by atoms with Crippen LogP contribution in [0.4, 0.5) is 0 Å². The first-order chi connectivity index (χ1) is 14.3. The van der Waals surface area contributed by atoms with E-state index in [1.54, 1.807) is 20.8 Å². The molecule has 1 aliphatic rings. The van der Waals surface area contributed by atoms with Gasteiger partial charge in [0.1, 0.15) is 25.0 Å². The molecule has 2 heterocycles. The number of hydrogen-bond donors (Lipinski definition) is 1. The first kappa shape index (κ1) is 25.4. The predicted octanol–water partition coefficient (Wildman–Crippen LogP) is 0.651. The fourth-order valence-corrected chi connectivity index (χ4v) is 3.63. The molecule has 0 aliphatic carbocycles. The van der Waals surface area contributed by atoms with Crippen molar-refractivity contribution in [1.82, 2.24) is 9.55 Å². The Bertz CT molecular complexity index is 881. The van der Waals surface area contributed by atoms with Crippen LogP contribution in [0.15, 0.2) is 11.0 Å². The van der Waals surface area contributed by atoms with E-state index >= 15 is 0 Å². The van der Waals surface area contributed by atoms with Gasteiger partial charge in [-0.25, -0.2) is 14.3 Å². The van der Waals surface area contributed by atoms with Gasteiger partial charge >= 0.3 is 19.5 Å². The number of phosphoric acid groups is 1. The number of carbonyl (C=O) groups is 1. The number of ether oxygens (including phenoxy) is 3. The Balaban J connectivity index is 2.20. The lowest BCUT2D eigenvalue weighted by Gasteiger charge is -2.23. The smallest absolute Gasteiger partial charge is 0.472 e. The van der Waals surface area contributed by atoms with Gasteiger partial charge in [-0.15, -0.1) is 0 Å². The zero-order valence-corrected chi connectivity index (χ0v) is 19.0. The van der Waals surface area contributed by atoms with Crippen LogP contribution in [-0.4, -0.2) is 59.6 Å². The van der Waals surface area contributed by atoms with E-state index in [1.165, 1.54) is 20.2 Å². The Morgan fingerprint density at radius 2 is 2.10 bits per heavy atom. The standard InChI is InChI=1S/C18H29N2O10P/c1-11-9-20(17(23)19-15(11)21)14-8-12(30-31(24,25)28-7-6-26-5)13(29-14)10-27-16(22)18(2,3)4/h9,12-14H,6-8,10H2,1-5H3,(H,24,25)(H,19,21,23)/p-1/t12-,13+,14+/m0/s1. The molecule has 1 aromatic heterocycles. The average molecular weight is 463 g/mol. The van der Waals surface area contributed by atoms with Crippen LogP contribution in [0.3, 0.4) is 0 Å². The maximum absolute atomic E-state index is 12.3. The molecule has 0 bridgehead atoms. The van der Waals surface area contributed by atoms with Gasteiger partial charge in [0.15, 0.2) is 0 Å². The molecular weight excluding hydrogens is 435 g/mol. The summed E-state index contributed by atoms with van der Waals surface area (Å²) < 4.78 is 39.2. The number of aryl methyl sites for hydroxylation is 1. The van der Waals surface area contributed by atoms with Crippen molar-refractivity contribution >= 4 is 13.8 Å². The zero-order chi connectivity index (χ0) is 23.4. The molecule has 1 fully saturated rings. The summed E-state index contributed by atoms with van der Waals surface area (Å²) in [6, 6.07) is 0. The summed E-state index contributed by atoms with van der Waals surface area (Å²) in [5.74, 6) is -1.17. The summed E-state index contributed by atoms with van der Waals surface area (Å²) in [6.07, 6.45) is -1.73. The van der Waals surface area contributed by atoms with Gasteiger partial charge < -0.3 is 24.2 Å². The third kappa shape index (κ3) is 7.09. The number of aromatic nitrogens is 2. The van der Waals surface area contributed by atoms with E-state index in [4.69, 9.17) is 23.3 Å². The molecule has 2 rings (SSSR count). The number of carbonyl (C=O) groups excluding carboxylic acids is 1. The van der Waals surface area contributed by atoms with Gasteiger partial charge in [-0.1, -0.05) is 0 Å². The minimum atomic E-state index is -4.49. The third-order valence-corrected chi connectivity index (χ3v) is 5.43. The maximum atomic E-state index is 12.3. The van der Waals surface area contributed by atoms with Crippen molar-refractivity contribution in [1.29, 1.82) is 0 Å². The lowest BCUT2D eigenvalue weighted by atomic mass is 9.97. The molecule has 1 unspecified atom stereocenters. The molecule has 0 spiro atoms. The van der Waals surface area contributed by atoms with Crippen LogP contribution in [0, 0.1) is 12.3 Å². The molecule has 31 heavy (non-hydrogen) atoms. The molecule has 1 aromatic rings. The molecule has 12 nitrogen and oxygen atoms in total. The summed E-state index contributed by atoms with van der Waals surface area (Å²) in [5.41, 5.74) is -1.39. The van der Waals surface area contributed by atoms with Gasteiger partial charge in [-0.05, 0) is 39.1 Å². The Hall–Kier alpha value is -1.82. The van der Waals surface area contributed by atoms with Crippen molar-refractivity contribution in [2.45, 2.75) is 52.6 Å². The van der Waals surface area contributed by atoms with Crippen molar-refractivity contribution in [2.24, 2.45) is 5.41 Å². The second-order valence-electron chi connectivity index (χ2n) is 8.07. The summed E-state index contributed by atoms with van der Waals surface area (Å²) in [5, 5.41) is 11.6. The highest BCUT2D eigenvalue weighted by molar-refractivity contribution is 7.47. The molecule has 1 N–H and O–H groups in total. The molecule has 0 radical (unpaired) electrons. The van der Waals surface area contributed by atoms with Crippen LogP contribution < -0.4 is 10.8 Å². The predicted molar refractivity (Wildman–Crippen MR) is 104 cm³/mol. The minimum Gasteiger partial charge on any atom is -0.858 e. The second-order valence-corrected chi connectivity index (χ2v) is 9.48. The fourth-order valence-electron chi connectivity index (χ4n) is 2.70. The van der Waals surface area contributed by atoms with Crippen LogP contribution in [-0.2, 0) is 32.6 Å². The van der Waals surface area contributed by atoms with Crippen molar-refractivity contribution < 1.29 is 42.6 Å². The van der Waals surface area contributed by atoms with E-state index in [0.717, 1.165) is 4.57 Å². The van der Waals surface area contributed by atoms with Crippen LogP contribution >= 0.6 is 7.82 Å². The van der Waals surface area contributed by atoms with E-state index in [-0.39, 0.29) is 31.8 Å². The normalized spacial score (nSPS) is 23.5. The van der Waals surface area contributed by atoms with Gasteiger partial charge in [0.2, 0.25) is 0 Å². The van der Waals surface area contributed by atoms with E-state index in [0.29, 0.717) is 0 Å². The maximum Gasteiger partial charge on any atom is 0.472 e. The molecule has 0 amide bonds. The molecule has 1 aliphatic heterocycles. The highest BCUT2D eigenvalue weighted by Gasteiger charge is 2.43. The van der Waals surface area contributed by atoms with Crippen molar-refractivity contribution in [3.63, 3.8) is 0 Å². The summed E-state index contributed by atoms with van der Waals surface area (Å²) >= 11 is 0. The molecule has 1 saturated heterocycles. The molecule has 176 valence electrons. The number of phosphoric ester groups is 1. The van der Waals surface area contributed by atoms with E-state index < -0.39 is 49.2 Å². The highest BCUT2D eigenvalue weighted by Crippen LogP contribution is 2.48. The monoisotopic (exact) mass is 463 g/mol. The first-order valence-electron chi connectivity index (χ1n) is 9.58. The second kappa shape index (κ2) is 10.2. The van der Waals surface area contributed by atoms with Gasteiger partial charge in [-0.2, -0.15) is 0 Å². The fraction of sp³-hybridized carbons (Fsp3) is 0.722. The molecule has 4 atom stereocenters. The SMILES string of the molecule is COCCOP(=O)(O)O[C@H]1C[C@H](n2cc(C)c([O-])nc2=O)O[C@@H]1COC(=O)C(C)(C)C. The number of methoxy groups -OCH3 is 1. The van der Waals surface area contributed by atoms with Crippen molar-refractivity contribution in [3.05, 3.63) is 22.2 Å². The number of rotatable bonds is 9. The zero-order valence-electron chi connectivity index (χ0n) is 18.1. The largest absolute Gasteiger partial charge is 0.858 e. The highest BCUT2D eigenvalue weighted by atomic mass is 31.2. The van der Waals surface area contributed by atoms with Gasteiger partial charge in [0, 0.05) is 19.7 Å². The number of nitrogens with zero attached hydrogens (tertiary/aromatic N) is 2. The molecular formula is C18H28N2O10P-. The van der Waals surface area contributed by atoms with Crippen molar-refractivity contribution in [2.75, 3.05) is 26.9 Å². The van der Waals surface area contributed by atoms with Gasteiger partial charge in [0.05, 0.1) is 18.6 Å². The number of esters is 1. The third-order valence-electron chi connectivity index (χ3n) is 4.38. The molecule has 13 heteroatoms. The lowest BCUT2D eigenvalue weighted by Crippen LogP contribution is -2.33. The average Bonchev–Trinajstić information content (AvgIpc) is 3.03. The van der Waals surface area contributed by atoms with Gasteiger partial charge in [-0.3, -0.25) is 18.4 Å². The Labute approximate surface area is 179 Å². The van der Waals surface area contributed by atoms with Crippen LogP contribution in [0.5, 0.6) is 5.88 Å². The topological polar surface area (TPSA) is 158 Å². The molecule has 0 aromatic carbocycles. The van der Waals surface area contributed by atoms with Crippen LogP contribution in [0.2, 0.25) is 0 Å². The summed E-state index contributed by atoms with van der Waals surface area (Å²) in [4.78, 5) is 37.7. The number of hydrogen-bond acceptors (Lipinski definition) is 10. The van der Waals surface area contributed by atoms with Gasteiger partial charge in [0.25, 0.3) is 0 Å². The van der Waals surface area contributed by atoms with E-state index in [1.807, 2.05) is 0 Å². The van der Waals surface area contributed by atoms with Crippen LogP contribution in [0.25, 0.3) is 0 Å². The quantitative estimate of drug-likeness (QED) is 0.311. The van der Waals surface area contributed by atoms with Crippen LogP contribution in [0.1, 0.15) is 39.0 Å². The Morgan fingerprint density at radius 1 is 1.42 bits per heavy atom.